The van der Waals surface area contributed by atoms with Crippen molar-refractivity contribution in [1.82, 2.24) is 20.3 Å². The maximum absolute atomic E-state index is 5.21. The molecule has 0 aromatic carbocycles. The molecule has 20 heavy (non-hydrogen) atoms. The van der Waals surface area contributed by atoms with E-state index in [9.17, 15) is 0 Å². The van der Waals surface area contributed by atoms with Crippen LogP contribution in [0.3, 0.4) is 0 Å². The van der Waals surface area contributed by atoms with Gasteiger partial charge < -0.3 is 9.84 Å². The smallest absolute Gasteiger partial charge is 0.138 e. The highest BCUT2D eigenvalue weighted by atomic mass is 16.5. The monoisotopic (exact) mass is 276 g/mol. The molecule has 0 aliphatic carbocycles. The van der Waals surface area contributed by atoms with Crippen molar-refractivity contribution in [3.63, 3.8) is 0 Å². The lowest BCUT2D eigenvalue weighted by Crippen LogP contribution is -2.22. The van der Waals surface area contributed by atoms with E-state index in [4.69, 9.17) is 4.52 Å². The summed E-state index contributed by atoms with van der Waals surface area (Å²) in [4.78, 5) is 0. The lowest BCUT2D eigenvalue weighted by molar-refractivity contribution is 0.355. The van der Waals surface area contributed by atoms with Crippen molar-refractivity contribution >= 4 is 0 Å². The molecule has 2 aromatic heterocycles. The van der Waals surface area contributed by atoms with Gasteiger partial charge >= 0.3 is 0 Å². The molecule has 1 atom stereocenters. The minimum atomic E-state index is 0.0194. The topological polar surface area (TPSA) is 55.9 Å². The summed E-state index contributed by atoms with van der Waals surface area (Å²) in [5.74, 6) is 0.882. The average molecular weight is 276 g/mol. The molecule has 2 aromatic rings. The van der Waals surface area contributed by atoms with E-state index in [1.807, 2.05) is 24.7 Å². The number of nitrogens with zero attached hydrogens (tertiary/aromatic N) is 3. The van der Waals surface area contributed by atoms with E-state index in [-0.39, 0.29) is 11.6 Å². The molecule has 0 aliphatic heterocycles. The first kappa shape index (κ1) is 14.8. The summed E-state index contributed by atoms with van der Waals surface area (Å²) >= 11 is 0. The number of nitrogens with one attached hydrogen (secondary N) is 1. The highest BCUT2D eigenvalue weighted by molar-refractivity contribution is 5.24. The van der Waals surface area contributed by atoms with Crippen molar-refractivity contribution < 1.29 is 4.52 Å². The van der Waals surface area contributed by atoms with Crippen LogP contribution in [-0.4, -0.2) is 14.9 Å². The van der Waals surface area contributed by atoms with Gasteiger partial charge in [0.15, 0.2) is 0 Å². The van der Waals surface area contributed by atoms with Crippen LogP contribution in [0, 0.1) is 13.8 Å². The van der Waals surface area contributed by atoms with Crippen LogP contribution < -0.4 is 5.32 Å². The Labute approximate surface area is 120 Å². The average Bonchev–Trinajstić information content (AvgIpc) is 2.93. The predicted octanol–water partition coefficient (Wildman–Crippen LogP) is 3.09. The lowest BCUT2D eigenvalue weighted by Gasteiger charge is -2.18. The Balaban J connectivity index is 2.01. The van der Waals surface area contributed by atoms with Crippen LogP contribution in [0.5, 0.6) is 0 Å². The fraction of sp³-hybridized carbons (Fsp3) is 0.600. The zero-order valence-corrected chi connectivity index (χ0v) is 13.2. The summed E-state index contributed by atoms with van der Waals surface area (Å²) in [6.07, 6.45) is 4.01. The molecule has 5 heteroatoms. The van der Waals surface area contributed by atoms with E-state index < -0.39 is 0 Å². The predicted molar refractivity (Wildman–Crippen MR) is 78.5 cm³/mol. The molecule has 0 fully saturated rings. The molecule has 0 spiro atoms. The van der Waals surface area contributed by atoms with Gasteiger partial charge in [0, 0.05) is 29.9 Å². The van der Waals surface area contributed by atoms with E-state index >= 15 is 0 Å². The number of hydrogen-bond acceptors (Lipinski definition) is 4. The number of aryl methyl sites for hydroxylation is 2. The molecular formula is C15H24N4O. The Morgan fingerprint density at radius 1 is 1.35 bits per heavy atom. The van der Waals surface area contributed by atoms with Gasteiger partial charge in [-0.25, -0.2) is 0 Å². The molecule has 2 heterocycles. The van der Waals surface area contributed by atoms with Gasteiger partial charge in [-0.3, -0.25) is 4.68 Å². The maximum atomic E-state index is 5.21. The van der Waals surface area contributed by atoms with Crippen molar-refractivity contribution in [1.29, 1.82) is 0 Å². The Morgan fingerprint density at radius 3 is 2.55 bits per heavy atom. The second-order valence-electron chi connectivity index (χ2n) is 6.30. The zero-order valence-electron chi connectivity index (χ0n) is 13.2. The SMILES string of the molecule is Cc1noc(C)c1C(C)NCc1cnn(C(C)(C)C)c1. The molecule has 0 radical (unpaired) electrons. The summed E-state index contributed by atoms with van der Waals surface area (Å²) in [6, 6.07) is 0.208. The van der Waals surface area contributed by atoms with Crippen molar-refractivity contribution in [2.75, 3.05) is 0 Å². The molecule has 0 saturated carbocycles. The standard InChI is InChI=1S/C15H24N4O/c1-10(14-11(2)18-20-12(14)3)16-7-13-8-17-19(9-13)15(4,5)6/h8-10,16H,7H2,1-6H3. The molecule has 0 saturated heterocycles. The van der Waals surface area contributed by atoms with E-state index in [0.717, 1.165) is 23.6 Å². The Bertz CT molecular complexity index is 557. The normalized spacial score (nSPS) is 13.7. The van der Waals surface area contributed by atoms with Gasteiger partial charge in [0.1, 0.15) is 5.76 Å². The summed E-state index contributed by atoms with van der Waals surface area (Å²) in [7, 11) is 0. The Hall–Kier alpha value is -1.62. The fourth-order valence-electron chi connectivity index (χ4n) is 2.30. The fourth-order valence-corrected chi connectivity index (χ4v) is 2.30. The molecule has 0 amide bonds. The summed E-state index contributed by atoms with van der Waals surface area (Å²) in [5.41, 5.74) is 3.30. The first-order chi connectivity index (χ1) is 9.29. The van der Waals surface area contributed by atoms with Crippen LogP contribution in [0.1, 0.15) is 56.3 Å². The van der Waals surface area contributed by atoms with Crippen LogP contribution in [0.2, 0.25) is 0 Å². The molecule has 1 unspecified atom stereocenters. The second-order valence-corrected chi connectivity index (χ2v) is 6.30. The van der Waals surface area contributed by atoms with Gasteiger partial charge in [0.2, 0.25) is 0 Å². The molecule has 2 rings (SSSR count). The van der Waals surface area contributed by atoms with Gasteiger partial charge in [-0.05, 0) is 41.5 Å². The van der Waals surface area contributed by atoms with Crippen molar-refractivity contribution in [2.24, 2.45) is 0 Å². The molecule has 5 nitrogen and oxygen atoms in total. The van der Waals surface area contributed by atoms with E-state index in [0.29, 0.717) is 0 Å². The third kappa shape index (κ3) is 3.10. The van der Waals surface area contributed by atoms with Crippen LogP contribution in [0.15, 0.2) is 16.9 Å². The van der Waals surface area contributed by atoms with Gasteiger partial charge in [-0.15, -0.1) is 0 Å². The molecule has 0 aliphatic rings. The molecule has 110 valence electrons. The lowest BCUT2D eigenvalue weighted by atomic mass is 10.1. The van der Waals surface area contributed by atoms with Crippen LogP contribution in [0.4, 0.5) is 0 Å². The van der Waals surface area contributed by atoms with E-state index in [1.165, 1.54) is 5.56 Å². The van der Waals surface area contributed by atoms with Crippen molar-refractivity contribution in [3.05, 3.63) is 35.0 Å². The van der Waals surface area contributed by atoms with E-state index in [1.54, 1.807) is 0 Å². The minimum absolute atomic E-state index is 0.0194. The third-order valence-corrected chi connectivity index (χ3v) is 3.46. The summed E-state index contributed by atoms with van der Waals surface area (Å²) in [6.45, 7) is 13.3. The molecular weight excluding hydrogens is 252 g/mol. The third-order valence-electron chi connectivity index (χ3n) is 3.46. The minimum Gasteiger partial charge on any atom is -0.361 e. The molecule has 0 bridgehead atoms. The first-order valence-electron chi connectivity index (χ1n) is 6.99. The van der Waals surface area contributed by atoms with Gasteiger partial charge in [0.05, 0.1) is 17.4 Å². The largest absolute Gasteiger partial charge is 0.361 e. The number of aromatic nitrogens is 3. The quantitative estimate of drug-likeness (QED) is 0.932. The zero-order chi connectivity index (χ0) is 14.9. The van der Waals surface area contributed by atoms with E-state index in [2.05, 4.69) is 49.5 Å². The van der Waals surface area contributed by atoms with Crippen LogP contribution >= 0.6 is 0 Å². The van der Waals surface area contributed by atoms with Crippen molar-refractivity contribution in [3.8, 4) is 0 Å². The van der Waals surface area contributed by atoms with Crippen LogP contribution in [-0.2, 0) is 12.1 Å². The van der Waals surface area contributed by atoms with Gasteiger partial charge in [0.25, 0.3) is 0 Å². The number of hydrogen-bond donors (Lipinski definition) is 1. The second kappa shape index (κ2) is 5.40. The first-order valence-corrected chi connectivity index (χ1v) is 6.99. The van der Waals surface area contributed by atoms with Crippen molar-refractivity contribution in [2.45, 2.75) is 59.7 Å². The number of rotatable bonds is 4. The highest BCUT2D eigenvalue weighted by Crippen LogP contribution is 2.21. The van der Waals surface area contributed by atoms with Gasteiger partial charge in [-0.1, -0.05) is 5.16 Å². The Kier molecular flexibility index (Phi) is 3.99. The summed E-state index contributed by atoms with van der Waals surface area (Å²) in [5, 5.41) is 11.9. The van der Waals surface area contributed by atoms with Crippen LogP contribution in [0.25, 0.3) is 0 Å². The summed E-state index contributed by atoms with van der Waals surface area (Å²) < 4.78 is 7.20. The molecule has 1 N–H and O–H groups in total. The Morgan fingerprint density at radius 2 is 2.05 bits per heavy atom. The van der Waals surface area contributed by atoms with Gasteiger partial charge in [-0.2, -0.15) is 5.10 Å². The highest BCUT2D eigenvalue weighted by Gasteiger charge is 2.17. The maximum Gasteiger partial charge on any atom is 0.138 e.